The van der Waals surface area contributed by atoms with Crippen LogP contribution in [0, 0.1) is 5.92 Å². The Morgan fingerprint density at radius 3 is 3.00 bits per heavy atom. The molecule has 1 aromatic heterocycles. The summed E-state index contributed by atoms with van der Waals surface area (Å²) in [6.45, 7) is 2.42. The van der Waals surface area contributed by atoms with E-state index in [4.69, 9.17) is 5.11 Å². The van der Waals surface area contributed by atoms with Gasteiger partial charge in [-0.1, -0.05) is 25.1 Å². The Hall–Kier alpha value is -2.17. The Kier molecular flexibility index (Phi) is 3.72. The van der Waals surface area contributed by atoms with Crippen LogP contribution in [0.1, 0.15) is 13.3 Å². The van der Waals surface area contributed by atoms with Gasteiger partial charge in [0.1, 0.15) is 0 Å². The summed E-state index contributed by atoms with van der Waals surface area (Å²) in [5.41, 5.74) is 0.876. The van der Waals surface area contributed by atoms with Gasteiger partial charge >= 0.3 is 5.97 Å². The van der Waals surface area contributed by atoms with Crippen molar-refractivity contribution in [3.05, 3.63) is 30.5 Å². The molecule has 5 nitrogen and oxygen atoms in total. The van der Waals surface area contributed by atoms with E-state index >= 15 is 0 Å². The van der Waals surface area contributed by atoms with Gasteiger partial charge in [0, 0.05) is 24.5 Å². The van der Waals surface area contributed by atoms with E-state index in [-0.39, 0.29) is 12.3 Å². The van der Waals surface area contributed by atoms with Gasteiger partial charge in [-0.3, -0.25) is 4.79 Å². The van der Waals surface area contributed by atoms with E-state index in [1.165, 1.54) is 0 Å². The van der Waals surface area contributed by atoms with Crippen molar-refractivity contribution in [2.45, 2.75) is 13.3 Å². The number of aromatic nitrogens is 2. The molecule has 0 amide bonds. The number of nitrogens with zero attached hydrogens (tertiary/aromatic N) is 2. The van der Waals surface area contributed by atoms with E-state index in [2.05, 4.69) is 15.3 Å². The highest BCUT2D eigenvalue weighted by Gasteiger charge is 2.08. The highest BCUT2D eigenvalue weighted by Crippen LogP contribution is 2.12. The fraction of sp³-hybridized carbons (Fsp3) is 0.308. The van der Waals surface area contributed by atoms with Gasteiger partial charge in [0.15, 0.2) is 0 Å². The monoisotopic (exact) mass is 245 g/mol. The summed E-state index contributed by atoms with van der Waals surface area (Å²) in [6.07, 6.45) is 1.90. The molecule has 0 aliphatic heterocycles. The van der Waals surface area contributed by atoms with Crippen molar-refractivity contribution in [1.29, 1.82) is 0 Å². The summed E-state index contributed by atoms with van der Waals surface area (Å²) in [5, 5.41) is 12.7. The standard InChI is InChI=1S/C13H15N3O2/c1-9(6-12(17)18)7-14-13-15-8-10-4-2-3-5-11(10)16-13/h2-5,8-9H,6-7H2,1H3,(H,17,18)(H,14,15,16). The van der Waals surface area contributed by atoms with Gasteiger partial charge in [0.25, 0.3) is 0 Å². The number of nitrogens with one attached hydrogen (secondary N) is 1. The number of carboxylic acids is 1. The molecule has 2 rings (SSSR count). The van der Waals surface area contributed by atoms with Crippen molar-refractivity contribution >= 4 is 22.8 Å². The Balaban J connectivity index is 2.01. The van der Waals surface area contributed by atoms with Gasteiger partial charge in [-0.2, -0.15) is 0 Å². The van der Waals surface area contributed by atoms with E-state index in [0.29, 0.717) is 12.5 Å². The van der Waals surface area contributed by atoms with Crippen LogP contribution in [0.5, 0.6) is 0 Å². The van der Waals surface area contributed by atoms with Crippen molar-refractivity contribution in [2.75, 3.05) is 11.9 Å². The average Bonchev–Trinajstić information content (AvgIpc) is 2.35. The van der Waals surface area contributed by atoms with Crippen molar-refractivity contribution in [2.24, 2.45) is 5.92 Å². The lowest BCUT2D eigenvalue weighted by atomic mass is 10.1. The predicted molar refractivity (Wildman–Crippen MR) is 69.4 cm³/mol. The van der Waals surface area contributed by atoms with E-state index in [1.54, 1.807) is 6.20 Å². The van der Waals surface area contributed by atoms with Crippen LogP contribution < -0.4 is 5.32 Å². The molecule has 5 heteroatoms. The molecular weight excluding hydrogens is 230 g/mol. The largest absolute Gasteiger partial charge is 0.481 e. The molecule has 0 aliphatic carbocycles. The number of rotatable bonds is 5. The predicted octanol–water partition coefficient (Wildman–Crippen LogP) is 2.15. The molecule has 0 saturated carbocycles. The number of fused-ring (bicyclic) bond motifs is 1. The van der Waals surface area contributed by atoms with Gasteiger partial charge in [-0.15, -0.1) is 0 Å². The number of hydrogen-bond acceptors (Lipinski definition) is 4. The van der Waals surface area contributed by atoms with Gasteiger partial charge < -0.3 is 10.4 Å². The second-order valence-corrected chi connectivity index (χ2v) is 4.34. The van der Waals surface area contributed by atoms with Crippen LogP contribution in [-0.2, 0) is 4.79 Å². The third-order valence-electron chi connectivity index (χ3n) is 2.62. The molecule has 2 aromatic rings. The summed E-state index contributed by atoms with van der Waals surface area (Å²) in [4.78, 5) is 19.1. The summed E-state index contributed by atoms with van der Waals surface area (Å²) in [6, 6.07) is 7.73. The van der Waals surface area contributed by atoms with E-state index in [9.17, 15) is 4.79 Å². The summed E-state index contributed by atoms with van der Waals surface area (Å²) < 4.78 is 0. The Bertz CT molecular complexity index is 557. The molecule has 0 aliphatic rings. The lowest BCUT2D eigenvalue weighted by Crippen LogP contribution is -2.16. The molecule has 1 aromatic carbocycles. The fourth-order valence-electron chi connectivity index (χ4n) is 1.69. The first kappa shape index (κ1) is 12.3. The molecule has 0 bridgehead atoms. The summed E-state index contributed by atoms with van der Waals surface area (Å²) in [7, 11) is 0. The van der Waals surface area contributed by atoms with Crippen LogP contribution >= 0.6 is 0 Å². The van der Waals surface area contributed by atoms with Crippen molar-refractivity contribution in [3.8, 4) is 0 Å². The minimum Gasteiger partial charge on any atom is -0.481 e. The Morgan fingerprint density at radius 1 is 1.44 bits per heavy atom. The van der Waals surface area contributed by atoms with Crippen LogP contribution in [-0.4, -0.2) is 27.6 Å². The van der Waals surface area contributed by atoms with Gasteiger partial charge in [-0.25, -0.2) is 9.97 Å². The second-order valence-electron chi connectivity index (χ2n) is 4.34. The van der Waals surface area contributed by atoms with Gasteiger partial charge in [-0.05, 0) is 12.0 Å². The molecule has 1 heterocycles. The minimum absolute atomic E-state index is 0.0394. The smallest absolute Gasteiger partial charge is 0.303 e. The van der Waals surface area contributed by atoms with E-state index < -0.39 is 5.97 Å². The molecular formula is C13H15N3O2. The molecule has 0 fully saturated rings. The van der Waals surface area contributed by atoms with Gasteiger partial charge in [0.05, 0.1) is 5.52 Å². The maximum absolute atomic E-state index is 10.5. The van der Waals surface area contributed by atoms with Crippen molar-refractivity contribution in [3.63, 3.8) is 0 Å². The molecule has 1 unspecified atom stereocenters. The zero-order chi connectivity index (χ0) is 13.0. The summed E-state index contributed by atoms with van der Waals surface area (Å²) in [5.74, 6) is -0.216. The highest BCUT2D eigenvalue weighted by atomic mass is 16.4. The molecule has 0 saturated heterocycles. The molecule has 18 heavy (non-hydrogen) atoms. The van der Waals surface area contributed by atoms with Crippen molar-refractivity contribution in [1.82, 2.24) is 9.97 Å². The molecule has 94 valence electrons. The van der Waals surface area contributed by atoms with Crippen molar-refractivity contribution < 1.29 is 9.90 Å². The average molecular weight is 245 g/mol. The normalized spacial score (nSPS) is 12.3. The number of benzene rings is 1. The number of para-hydroxylation sites is 1. The number of anilines is 1. The molecule has 0 radical (unpaired) electrons. The van der Waals surface area contributed by atoms with Crippen LogP contribution in [0.25, 0.3) is 10.9 Å². The third kappa shape index (κ3) is 3.16. The lowest BCUT2D eigenvalue weighted by Gasteiger charge is -2.10. The van der Waals surface area contributed by atoms with Crippen LogP contribution in [0.3, 0.4) is 0 Å². The minimum atomic E-state index is -0.788. The topological polar surface area (TPSA) is 75.1 Å². The Labute approximate surface area is 105 Å². The van der Waals surface area contributed by atoms with Gasteiger partial charge in [0.2, 0.25) is 5.95 Å². The molecule has 2 N–H and O–H groups in total. The summed E-state index contributed by atoms with van der Waals surface area (Å²) >= 11 is 0. The SMILES string of the molecule is CC(CNc1ncc2ccccc2n1)CC(=O)O. The third-order valence-corrected chi connectivity index (χ3v) is 2.62. The maximum atomic E-state index is 10.5. The second kappa shape index (κ2) is 5.44. The fourth-order valence-corrected chi connectivity index (χ4v) is 1.69. The first-order valence-electron chi connectivity index (χ1n) is 5.82. The number of hydrogen-bond donors (Lipinski definition) is 2. The van der Waals surface area contributed by atoms with Crippen LogP contribution in [0.2, 0.25) is 0 Å². The number of carboxylic acid groups (broad SMARTS) is 1. The first-order chi connectivity index (χ1) is 8.65. The lowest BCUT2D eigenvalue weighted by molar-refractivity contribution is -0.137. The van der Waals surface area contributed by atoms with E-state index in [1.807, 2.05) is 31.2 Å². The zero-order valence-corrected chi connectivity index (χ0v) is 10.1. The highest BCUT2D eigenvalue weighted by molar-refractivity contribution is 5.78. The zero-order valence-electron chi connectivity index (χ0n) is 10.1. The Morgan fingerprint density at radius 2 is 2.22 bits per heavy atom. The van der Waals surface area contributed by atoms with E-state index in [0.717, 1.165) is 10.9 Å². The first-order valence-corrected chi connectivity index (χ1v) is 5.82. The molecule has 0 spiro atoms. The van der Waals surface area contributed by atoms with Crippen LogP contribution in [0.4, 0.5) is 5.95 Å². The van der Waals surface area contributed by atoms with Crippen LogP contribution in [0.15, 0.2) is 30.5 Å². The number of carbonyl (C=O) groups is 1. The maximum Gasteiger partial charge on any atom is 0.303 e. The molecule has 1 atom stereocenters. The quantitative estimate of drug-likeness (QED) is 0.844. The number of aliphatic carboxylic acids is 1.